The van der Waals surface area contributed by atoms with Crippen LogP contribution in [0.3, 0.4) is 0 Å². The van der Waals surface area contributed by atoms with E-state index in [2.05, 4.69) is 9.72 Å². The molecule has 0 aliphatic carbocycles. The van der Waals surface area contributed by atoms with Gasteiger partial charge in [-0.2, -0.15) is 17.6 Å². The third-order valence-electron chi connectivity index (χ3n) is 2.23. The Hall–Kier alpha value is -1.80. The van der Waals surface area contributed by atoms with Crippen molar-refractivity contribution < 1.29 is 35.9 Å². The largest absolute Gasteiger partial charge is 0.466 e. The number of halogens is 6. The van der Waals surface area contributed by atoms with Crippen LogP contribution < -0.4 is 0 Å². The summed E-state index contributed by atoms with van der Waals surface area (Å²) in [5.41, 5.74) is -3.86. The standard InChI is InChI=1S/C11H9F6NO2/c1-2-20-7(19)4-5-3-6(9(12)13)10(14)18-8(5)11(15,16)17/h3,9H,2,4H2,1H3. The third-order valence-corrected chi connectivity index (χ3v) is 2.23. The molecule has 0 fully saturated rings. The van der Waals surface area contributed by atoms with Gasteiger partial charge in [-0.1, -0.05) is 0 Å². The molecule has 0 amide bonds. The summed E-state index contributed by atoms with van der Waals surface area (Å²) >= 11 is 0. The van der Waals surface area contributed by atoms with Gasteiger partial charge in [0, 0.05) is 0 Å². The molecule has 3 nitrogen and oxygen atoms in total. The number of rotatable bonds is 4. The van der Waals surface area contributed by atoms with Crippen LogP contribution >= 0.6 is 0 Å². The number of hydrogen-bond acceptors (Lipinski definition) is 3. The highest BCUT2D eigenvalue weighted by Gasteiger charge is 2.37. The molecule has 0 spiro atoms. The summed E-state index contributed by atoms with van der Waals surface area (Å²) in [7, 11) is 0. The Morgan fingerprint density at radius 1 is 1.40 bits per heavy atom. The van der Waals surface area contributed by atoms with E-state index >= 15 is 0 Å². The van der Waals surface area contributed by atoms with Gasteiger partial charge in [0.2, 0.25) is 5.95 Å². The molecule has 0 N–H and O–H groups in total. The van der Waals surface area contributed by atoms with Crippen LogP contribution in [0.15, 0.2) is 6.07 Å². The van der Waals surface area contributed by atoms with Gasteiger partial charge >= 0.3 is 12.1 Å². The quantitative estimate of drug-likeness (QED) is 0.487. The average Bonchev–Trinajstić information content (AvgIpc) is 2.29. The number of hydrogen-bond donors (Lipinski definition) is 0. The summed E-state index contributed by atoms with van der Waals surface area (Å²) in [5.74, 6) is -2.97. The highest BCUT2D eigenvalue weighted by molar-refractivity contribution is 5.73. The Bertz CT molecular complexity index is 500. The van der Waals surface area contributed by atoms with Crippen molar-refractivity contribution in [1.82, 2.24) is 4.98 Å². The lowest BCUT2D eigenvalue weighted by Gasteiger charge is -2.13. The molecule has 0 saturated heterocycles. The average molecular weight is 301 g/mol. The zero-order chi connectivity index (χ0) is 15.5. The lowest BCUT2D eigenvalue weighted by molar-refractivity contribution is -0.144. The van der Waals surface area contributed by atoms with E-state index in [-0.39, 0.29) is 12.7 Å². The zero-order valence-electron chi connectivity index (χ0n) is 10.1. The van der Waals surface area contributed by atoms with Gasteiger partial charge in [-0.05, 0) is 18.6 Å². The van der Waals surface area contributed by atoms with Gasteiger partial charge in [0.1, 0.15) is 0 Å². The molecule has 0 bridgehead atoms. The summed E-state index contributed by atoms with van der Waals surface area (Å²) in [6.45, 7) is 1.34. The predicted molar refractivity (Wildman–Crippen MR) is 54.5 cm³/mol. The molecule has 0 saturated carbocycles. The van der Waals surface area contributed by atoms with Crippen LogP contribution in [0, 0.1) is 5.95 Å². The van der Waals surface area contributed by atoms with Crippen LogP contribution in [0.2, 0.25) is 0 Å². The maximum absolute atomic E-state index is 13.1. The predicted octanol–water partition coefficient (Wildman–Crippen LogP) is 3.28. The van der Waals surface area contributed by atoms with Gasteiger partial charge in [0.15, 0.2) is 5.69 Å². The van der Waals surface area contributed by atoms with Gasteiger partial charge in [-0.25, -0.2) is 13.8 Å². The fourth-order valence-electron chi connectivity index (χ4n) is 1.45. The normalized spacial score (nSPS) is 11.8. The van der Waals surface area contributed by atoms with Crippen LogP contribution in [-0.4, -0.2) is 17.6 Å². The van der Waals surface area contributed by atoms with Crippen molar-refractivity contribution >= 4 is 5.97 Å². The zero-order valence-corrected chi connectivity index (χ0v) is 10.1. The van der Waals surface area contributed by atoms with Crippen molar-refractivity contribution in [3.05, 3.63) is 28.8 Å². The van der Waals surface area contributed by atoms with Crippen molar-refractivity contribution in [2.45, 2.75) is 25.9 Å². The van der Waals surface area contributed by atoms with E-state index in [1.807, 2.05) is 0 Å². The highest BCUT2D eigenvalue weighted by atomic mass is 19.4. The van der Waals surface area contributed by atoms with Gasteiger partial charge in [-0.3, -0.25) is 4.79 Å². The first-order valence-electron chi connectivity index (χ1n) is 5.37. The first-order chi connectivity index (χ1) is 9.16. The molecule has 0 aliphatic rings. The fraction of sp³-hybridized carbons (Fsp3) is 0.455. The topological polar surface area (TPSA) is 39.2 Å². The van der Waals surface area contributed by atoms with Crippen molar-refractivity contribution in [2.75, 3.05) is 6.61 Å². The summed E-state index contributed by atoms with van der Waals surface area (Å²) < 4.78 is 80.3. The molecule has 1 aromatic rings. The number of carbonyl (C=O) groups excluding carboxylic acids is 1. The molecule has 1 aromatic heterocycles. The van der Waals surface area contributed by atoms with Gasteiger partial charge in [0.25, 0.3) is 6.43 Å². The fourth-order valence-corrected chi connectivity index (χ4v) is 1.45. The Kier molecular flexibility index (Phi) is 4.96. The number of nitrogens with zero attached hydrogens (tertiary/aromatic N) is 1. The number of ether oxygens (including phenoxy) is 1. The number of esters is 1. The van der Waals surface area contributed by atoms with Gasteiger partial charge in [0.05, 0.1) is 18.6 Å². The maximum atomic E-state index is 13.1. The monoisotopic (exact) mass is 301 g/mol. The molecule has 0 aliphatic heterocycles. The number of carbonyl (C=O) groups is 1. The molecule has 1 rings (SSSR count). The number of aromatic nitrogens is 1. The van der Waals surface area contributed by atoms with E-state index in [9.17, 15) is 31.1 Å². The molecular weight excluding hydrogens is 292 g/mol. The third kappa shape index (κ3) is 3.84. The van der Waals surface area contributed by atoms with Crippen molar-refractivity contribution in [3.63, 3.8) is 0 Å². The first kappa shape index (κ1) is 16.3. The summed E-state index contributed by atoms with van der Waals surface area (Å²) in [6, 6.07) is 0.284. The van der Waals surface area contributed by atoms with E-state index in [4.69, 9.17) is 0 Å². The second-order valence-electron chi connectivity index (χ2n) is 3.66. The van der Waals surface area contributed by atoms with Gasteiger partial charge < -0.3 is 4.74 Å². The highest BCUT2D eigenvalue weighted by Crippen LogP contribution is 2.33. The maximum Gasteiger partial charge on any atom is 0.433 e. The van der Waals surface area contributed by atoms with E-state index in [1.54, 1.807) is 0 Å². The first-order valence-corrected chi connectivity index (χ1v) is 5.37. The second-order valence-corrected chi connectivity index (χ2v) is 3.66. The van der Waals surface area contributed by atoms with Crippen molar-refractivity contribution in [1.29, 1.82) is 0 Å². The summed E-state index contributed by atoms with van der Waals surface area (Å²) in [4.78, 5) is 13.7. The molecule has 112 valence electrons. The van der Waals surface area contributed by atoms with Gasteiger partial charge in [-0.15, -0.1) is 0 Å². The van der Waals surface area contributed by atoms with E-state index in [1.165, 1.54) is 6.92 Å². The molecule has 0 aromatic carbocycles. The lowest BCUT2D eigenvalue weighted by Crippen LogP contribution is -2.18. The number of alkyl halides is 5. The van der Waals surface area contributed by atoms with Crippen LogP contribution in [0.1, 0.15) is 30.2 Å². The molecule has 20 heavy (non-hydrogen) atoms. The Balaban J connectivity index is 3.29. The summed E-state index contributed by atoms with van der Waals surface area (Å²) in [6.07, 6.45) is -9.33. The minimum atomic E-state index is -5.07. The van der Waals surface area contributed by atoms with Crippen LogP contribution in [0.25, 0.3) is 0 Å². The van der Waals surface area contributed by atoms with E-state index < -0.39 is 47.8 Å². The Labute approximate surface area is 109 Å². The molecule has 0 atom stereocenters. The lowest BCUT2D eigenvalue weighted by atomic mass is 10.1. The molecular formula is C11H9F6NO2. The Morgan fingerprint density at radius 2 is 2.00 bits per heavy atom. The number of pyridine rings is 1. The smallest absolute Gasteiger partial charge is 0.433 e. The second kappa shape index (κ2) is 6.10. The minimum Gasteiger partial charge on any atom is -0.466 e. The summed E-state index contributed by atoms with van der Waals surface area (Å²) in [5, 5.41) is 0. The van der Waals surface area contributed by atoms with Crippen LogP contribution in [0.4, 0.5) is 26.3 Å². The molecule has 9 heteroatoms. The molecule has 1 heterocycles. The molecule has 0 radical (unpaired) electrons. The Morgan fingerprint density at radius 3 is 2.45 bits per heavy atom. The van der Waals surface area contributed by atoms with Crippen LogP contribution in [-0.2, 0) is 22.1 Å². The van der Waals surface area contributed by atoms with Crippen LogP contribution in [0.5, 0.6) is 0 Å². The SMILES string of the molecule is CCOC(=O)Cc1cc(C(F)F)c(F)nc1C(F)(F)F. The van der Waals surface area contributed by atoms with E-state index in [0.717, 1.165) is 0 Å². The minimum absolute atomic E-state index is 0.0868. The van der Waals surface area contributed by atoms with Crippen molar-refractivity contribution in [3.8, 4) is 0 Å². The van der Waals surface area contributed by atoms with Crippen molar-refractivity contribution in [2.24, 2.45) is 0 Å². The molecule has 0 unspecified atom stereocenters. The van der Waals surface area contributed by atoms with E-state index in [0.29, 0.717) is 0 Å².